The number of ether oxygens (including phenoxy) is 1. The summed E-state index contributed by atoms with van der Waals surface area (Å²) < 4.78 is 32.6. The molecule has 0 aromatic carbocycles. The minimum absolute atomic E-state index is 0.0573. The predicted molar refractivity (Wildman–Crippen MR) is 69.8 cm³/mol. The Labute approximate surface area is 113 Å². The highest BCUT2D eigenvalue weighted by Gasteiger charge is 2.41. The number of amides is 1. The molecule has 0 aromatic rings. The van der Waals surface area contributed by atoms with Gasteiger partial charge in [-0.25, -0.2) is 9.52 Å². The normalized spacial score (nSPS) is 28.2. The van der Waals surface area contributed by atoms with Gasteiger partial charge in [-0.15, -0.1) is 0 Å². The predicted octanol–water partition coefficient (Wildman–Crippen LogP) is 0.0496. The minimum Gasteiger partial charge on any atom is -0.446 e. The molecule has 110 valence electrons. The second-order valence-electron chi connectivity index (χ2n) is 5.30. The molecule has 7 nitrogen and oxygen atoms in total. The van der Waals surface area contributed by atoms with E-state index in [4.69, 9.17) is 4.74 Å². The highest BCUT2D eigenvalue weighted by Crippen LogP contribution is 2.28. The van der Waals surface area contributed by atoms with Gasteiger partial charge in [0.25, 0.3) is 0 Å². The van der Waals surface area contributed by atoms with Crippen molar-refractivity contribution in [3.63, 3.8) is 0 Å². The summed E-state index contributed by atoms with van der Waals surface area (Å²) >= 11 is 0. The number of hydrogen-bond acceptors (Lipinski definition) is 5. The van der Waals surface area contributed by atoms with Crippen LogP contribution in [0.1, 0.15) is 26.7 Å². The lowest BCUT2D eigenvalue weighted by molar-refractivity contribution is 0.120. The number of fused-ring (bicyclic) bond motifs is 1. The molecule has 0 spiro atoms. The van der Waals surface area contributed by atoms with E-state index in [9.17, 15) is 13.2 Å². The molecule has 2 unspecified atom stereocenters. The van der Waals surface area contributed by atoms with Gasteiger partial charge in [0.1, 0.15) is 0 Å². The van der Waals surface area contributed by atoms with E-state index in [0.717, 1.165) is 19.4 Å². The number of piperidine rings is 1. The lowest BCUT2D eigenvalue weighted by Gasteiger charge is -2.35. The van der Waals surface area contributed by atoms with Crippen LogP contribution in [0.3, 0.4) is 0 Å². The van der Waals surface area contributed by atoms with Crippen molar-refractivity contribution in [2.45, 2.75) is 38.8 Å². The van der Waals surface area contributed by atoms with Crippen LogP contribution in [0, 0.1) is 5.92 Å². The fourth-order valence-electron chi connectivity index (χ4n) is 2.73. The number of nitrogens with zero attached hydrogens (tertiary/aromatic N) is 1. The van der Waals surface area contributed by atoms with Crippen LogP contribution in [-0.2, 0) is 14.9 Å². The molecular formula is C11H21N3O4S. The smallest absolute Gasteiger partial charge is 0.422 e. The number of carbonyl (C=O) groups is 1. The molecule has 0 saturated carbocycles. The Morgan fingerprint density at radius 1 is 1.42 bits per heavy atom. The monoisotopic (exact) mass is 291 g/mol. The third-order valence-corrected chi connectivity index (χ3v) is 4.99. The van der Waals surface area contributed by atoms with Gasteiger partial charge in [-0.3, -0.25) is 0 Å². The molecule has 2 heterocycles. The second kappa shape index (κ2) is 5.64. The van der Waals surface area contributed by atoms with E-state index in [-0.39, 0.29) is 12.1 Å². The van der Waals surface area contributed by atoms with Crippen molar-refractivity contribution in [1.29, 1.82) is 0 Å². The maximum atomic E-state index is 12.2. The molecule has 0 radical (unpaired) electrons. The summed E-state index contributed by atoms with van der Waals surface area (Å²) in [6.45, 7) is 5.28. The maximum absolute atomic E-state index is 12.2. The fourth-order valence-corrected chi connectivity index (χ4v) is 4.07. The summed E-state index contributed by atoms with van der Waals surface area (Å²) in [5.74, 6) is 0.339. The van der Waals surface area contributed by atoms with E-state index in [1.165, 1.54) is 4.31 Å². The first-order valence-electron chi connectivity index (χ1n) is 6.61. The average Bonchev–Trinajstić information content (AvgIpc) is 2.73. The first-order valence-corrected chi connectivity index (χ1v) is 8.05. The van der Waals surface area contributed by atoms with Gasteiger partial charge >= 0.3 is 16.3 Å². The van der Waals surface area contributed by atoms with Crippen LogP contribution >= 0.6 is 0 Å². The van der Waals surface area contributed by atoms with E-state index < -0.39 is 16.3 Å². The van der Waals surface area contributed by atoms with E-state index in [0.29, 0.717) is 19.0 Å². The summed E-state index contributed by atoms with van der Waals surface area (Å²) in [7, 11) is -3.81. The highest BCUT2D eigenvalue weighted by atomic mass is 32.2. The van der Waals surface area contributed by atoms with Crippen LogP contribution in [0.2, 0.25) is 0 Å². The molecule has 8 heteroatoms. The molecule has 19 heavy (non-hydrogen) atoms. The van der Waals surface area contributed by atoms with Crippen LogP contribution in [0.15, 0.2) is 0 Å². The van der Waals surface area contributed by atoms with E-state index >= 15 is 0 Å². The van der Waals surface area contributed by atoms with E-state index in [1.807, 2.05) is 4.72 Å². The molecule has 0 aromatic heterocycles. The van der Waals surface area contributed by atoms with E-state index in [2.05, 4.69) is 5.32 Å². The molecule has 2 saturated heterocycles. The third-order valence-electron chi connectivity index (χ3n) is 3.49. The molecule has 1 amide bonds. The molecule has 0 aliphatic carbocycles. The van der Waals surface area contributed by atoms with Crippen molar-refractivity contribution in [2.75, 3.05) is 19.6 Å². The van der Waals surface area contributed by atoms with Crippen molar-refractivity contribution >= 4 is 16.3 Å². The Kier molecular flexibility index (Phi) is 4.32. The number of rotatable bonds is 3. The Morgan fingerprint density at radius 2 is 2.16 bits per heavy atom. The van der Waals surface area contributed by atoms with Gasteiger partial charge in [-0.2, -0.15) is 12.7 Å². The molecule has 2 N–H and O–H groups in total. The number of hydrogen-bond donors (Lipinski definition) is 2. The Hall–Kier alpha value is -0.860. The average molecular weight is 291 g/mol. The zero-order valence-corrected chi connectivity index (χ0v) is 12.1. The van der Waals surface area contributed by atoms with E-state index in [1.54, 1.807) is 13.8 Å². The highest BCUT2D eigenvalue weighted by molar-refractivity contribution is 7.87. The van der Waals surface area contributed by atoms with Gasteiger partial charge in [-0.05, 0) is 39.2 Å². The van der Waals surface area contributed by atoms with Crippen LogP contribution in [-0.4, -0.2) is 50.6 Å². The summed E-state index contributed by atoms with van der Waals surface area (Å²) in [5, 5.41) is 3.20. The lowest BCUT2D eigenvalue weighted by atomic mass is 9.94. The van der Waals surface area contributed by atoms with Crippen molar-refractivity contribution in [3.8, 4) is 0 Å². The van der Waals surface area contributed by atoms with Crippen LogP contribution < -0.4 is 10.0 Å². The Bertz CT molecular complexity index is 437. The van der Waals surface area contributed by atoms with Crippen LogP contribution in [0.4, 0.5) is 4.79 Å². The SMILES string of the molecule is CC(C)OC(=O)NS(=O)(=O)N1CCCC2CNCC21. The van der Waals surface area contributed by atoms with Crippen molar-refractivity contribution in [3.05, 3.63) is 0 Å². The topological polar surface area (TPSA) is 87.7 Å². The minimum atomic E-state index is -3.81. The van der Waals surface area contributed by atoms with Crippen molar-refractivity contribution < 1.29 is 17.9 Å². The Morgan fingerprint density at radius 3 is 2.84 bits per heavy atom. The summed E-state index contributed by atoms with van der Waals surface area (Å²) in [4.78, 5) is 11.4. The fraction of sp³-hybridized carbons (Fsp3) is 0.909. The van der Waals surface area contributed by atoms with Crippen LogP contribution in [0.25, 0.3) is 0 Å². The number of nitrogens with one attached hydrogen (secondary N) is 2. The van der Waals surface area contributed by atoms with Gasteiger partial charge in [0.05, 0.1) is 6.10 Å². The largest absolute Gasteiger partial charge is 0.446 e. The van der Waals surface area contributed by atoms with Crippen molar-refractivity contribution in [1.82, 2.24) is 14.3 Å². The quantitative estimate of drug-likeness (QED) is 0.767. The zero-order valence-electron chi connectivity index (χ0n) is 11.3. The maximum Gasteiger partial charge on any atom is 0.422 e. The first kappa shape index (κ1) is 14.5. The molecular weight excluding hydrogens is 270 g/mol. The summed E-state index contributed by atoms with van der Waals surface area (Å²) in [5.41, 5.74) is 0. The van der Waals surface area contributed by atoms with Gasteiger partial charge in [0.15, 0.2) is 0 Å². The summed E-state index contributed by atoms with van der Waals surface area (Å²) in [6, 6.07) is -0.0573. The van der Waals surface area contributed by atoms with Gasteiger partial charge < -0.3 is 10.1 Å². The first-order chi connectivity index (χ1) is 8.90. The van der Waals surface area contributed by atoms with Gasteiger partial charge in [0, 0.05) is 19.1 Å². The number of carbonyl (C=O) groups excluding carboxylic acids is 1. The Balaban J connectivity index is 2.04. The second-order valence-corrected chi connectivity index (χ2v) is 6.92. The summed E-state index contributed by atoms with van der Waals surface area (Å²) in [6.07, 6.45) is 0.587. The van der Waals surface area contributed by atoms with Crippen LogP contribution in [0.5, 0.6) is 0 Å². The molecule has 2 rings (SSSR count). The van der Waals surface area contributed by atoms with Gasteiger partial charge in [0.2, 0.25) is 0 Å². The van der Waals surface area contributed by atoms with Crippen molar-refractivity contribution in [2.24, 2.45) is 5.92 Å². The van der Waals surface area contributed by atoms with Gasteiger partial charge in [-0.1, -0.05) is 0 Å². The molecule has 2 aliphatic heterocycles. The lowest BCUT2D eigenvalue weighted by Crippen LogP contribution is -2.53. The standard InChI is InChI=1S/C11H21N3O4S/c1-8(2)18-11(15)13-19(16,17)14-5-3-4-9-6-12-7-10(9)14/h8-10,12H,3-7H2,1-2H3,(H,13,15). The third kappa shape index (κ3) is 3.37. The molecule has 2 atom stereocenters. The molecule has 0 bridgehead atoms. The molecule has 2 fully saturated rings. The zero-order chi connectivity index (χ0) is 14.0. The molecule has 2 aliphatic rings.